The van der Waals surface area contributed by atoms with Gasteiger partial charge in [-0.1, -0.05) is 53.0 Å². The SMILES string of the molecule is CCOc1ccc(C2/C(=C(\O)c3cc(Cl)c(OC)c(Cl)c3)C(=O)C(=O)N2c2cccc(Cl)c2)cc1. The number of anilines is 1. The van der Waals surface area contributed by atoms with Crippen LogP contribution in [0.2, 0.25) is 15.1 Å². The minimum atomic E-state index is -0.941. The molecule has 1 unspecified atom stereocenters. The summed E-state index contributed by atoms with van der Waals surface area (Å²) in [5, 5.41) is 12.0. The van der Waals surface area contributed by atoms with Crippen molar-refractivity contribution < 1.29 is 24.2 Å². The van der Waals surface area contributed by atoms with Crippen LogP contribution in [0.4, 0.5) is 5.69 Å². The first-order valence-corrected chi connectivity index (χ1v) is 11.7. The summed E-state index contributed by atoms with van der Waals surface area (Å²) < 4.78 is 10.7. The molecule has 0 radical (unpaired) electrons. The van der Waals surface area contributed by atoms with E-state index in [1.807, 2.05) is 6.92 Å². The summed E-state index contributed by atoms with van der Waals surface area (Å²) >= 11 is 18.7. The Bertz CT molecular complexity index is 1310. The average Bonchev–Trinajstić information content (AvgIpc) is 3.09. The van der Waals surface area contributed by atoms with Gasteiger partial charge < -0.3 is 14.6 Å². The highest BCUT2D eigenvalue weighted by Gasteiger charge is 2.47. The Morgan fingerprint density at radius 2 is 1.66 bits per heavy atom. The predicted octanol–water partition coefficient (Wildman–Crippen LogP) is 6.68. The van der Waals surface area contributed by atoms with Gasteiger partial charge >= 0.3 is 0 Å². The molecular weight excluding hydrogens is 513 g/mol. The zero-order chi connectivity index (χ0) is 25.3. The number of hydrogen-bond acceptors (Lipinski definition) is 5. The van der Waals surface area contributed by atoms with Crippen molar-refractivity contribution in [1.29, 1.82) is 0 Å². The van der Waals surface area contributed by atoms with Crippen molar-refractivity contribution in [2.24, 2.45) is 0 Å². The van der Waals surface area contributed by atoms with Gasteiger partial charge in [-0.05, 0) is 55.0 Å². The Labute approximate surface area is 217 Å². The van der Waals surface area contributed by atoms with Crippen LogP contribution in [0.15, 0.2) is 66.2 Å². The second-order valence-corrected chi connectivity index (χ2v) is 8.87. The lowest BCUT2D eigenvalue weighted by atomic mass is 9.95. The lowest BCUT2D eigenvalue weighted by molar-refractivity contribution is -0.132. The Morgan fingerprint density at radius 3 is 2.23 bits per heavy atom. The number of aliphatic hydroxyl groups excluding tert-OH is 1. The van der Waals surface area contributed by atoms with Gasteiger partial charge in [-0.3, -0.25) is 14.5 Å². The molecule has 180 valence electrons. The number of carbonyl (C=O) groups excluding carboxylic acids is 2. The number of rotatable bonds is 6. The molecule has 0 aliphatic carbocycles. The number of hydrogen-bond donors (Lipinski definition) is 1. The molecule has 1 heterocycles. The maximum Gasteiger partial charge on any atom is 0.300 e. The summed E-state index contributed by atoms with van der Waals surface area (Å²) in [6.07, 6.45) is 0. The smallest absolute Gasteiger partial charge is 0.300 e. The molecule has 3 aromatic rings. The van der Waals surface area contributed by atoms with E-state index in [9.17, 15) is 14.7 Å². The number of carbonyl (C=O) groups is 2. The lowest BCUT2D eigenvalue weighted by Crippen LogP contribution is -2.29. The molecular formula is C26H20Cl3NO5. The fraction of sp³-hybridized carbons (Fsp3) is 0.154. The molecule has 0 spiro atoms. The van der Waals surface area contributed by atoms with E-state index in [4.69, 9.17) is 44.3 Å². The number of halogens is 3. The number of methoxy groups -OCH3 is 1. The minimum Gasteiger partial charge on any atom is -0.507 e. The van der Waals surface area contributed by atoms with E-state index >= 15 is 0 Å². The van der Waals surface area contributed by atoms with Crippen LogP contribution < -0.4 is 14.4 Å². The van der Waals surface area contributed by atoms with Crippen molar-refractivity contribution in [3.8, 4) is 11.5 Å². The van der Waals surface area contributed by atoms with Crippen molar-refractivity contribution in [2.75, 3.05) is 18.6 Å². The Hall–Kier alpha value is -3.19. The monoisotopic (exact) mass is 531 g/mol. The first-order valence-electron chi connectivity index (χ1n) is 10.6. The summed E-state index contributed by atoms with van der Waals surface area (Å²) in [4.78, 5) is 27.8. The molecule has 1 fully saturated rings. The van der Waals surface area contributed by atoms with Crippen LogP contribution >= 0.6 is 34.8 Å². The quantitative estimate of drug-likeness (QED) is 0.218. The maximum absolute atomic E-state index is 13.3. The van der Waals surface area contributed by atoms with Crippen molar-refractivity contribution in [3.63, 3.8) is 0 Å². The van der Waals surface area contributed by atoms with E-state index in [0.717, 1.165) is 0 Å². The first-order chi connectivity index (χ1) is 16.8. The van der Waals surface area contributed by atoms with Crippen LogP contribution in [0.3, 0.4) is 0 Å². The average molecular weight is 533 g/mol. The van der Waals surface area contributed by atoms with E-state index in [1.165, 1.54) is 24.1 Å². The number of nitrogens with zero attached hydrogens (tertiary/aromatic N) is 1. The molecule has 1 saturated heterocycles. The number of aliphatic hydroxyl groups is 1. The molecule has 9 heteroatoms. The fourth-order valence-electron chi connectivity index (χ4n) is 4.00. The van der Waals surface area contributed by atoms with Crippen LogP contribution in [0, 0.1) is 0 Å². The number of ether oxygens (including phenoxy) is 2. The highest BCUT2D eigenvalue weighted by molar-refractivity contribution is 6.52. The van der Waals surface area contributed by atoms with Crippen molar-refractivity contribution in [3.05, 3.63) is 92.4 Å². The zero-order valence-corrected chi connectivity index (χ0v) is 21.0. The topological polar surface area (TPSA) is 76.1 Å². The highest BCUT2D eigenvalue weighted by atomic mass is 35.5. The maximum atomic E-state index is 13.3. The molecule has 35 heavy (non-hydrogen) atoms. The molecule has 0 aromatic heterocycles. The van der Waals surface area contributed by atoms with Gasteiger partial charge in [-0.2, -0.15) is 0 Å². The van der Waals surface area contributed by atoms with Gasteiger partial charge in [0, 0.05) is 16.3 Å². The molecule has 4 rings (SSSR count). The number of ketones is 1. The van der Waals surface area contributed by atoms with Crippen molar-refractivity contribution in [2.45, 2.75) is 13.0 Å². The van der Waals surface area contributed by atoms with E-state index in [-0.39, 0.29) is 26.9 Å². The number of Topliss-reactive ketones (excluding diaryl/α,β-unsaturated/α-hetero) is 1. The van der Waals surface area contributed by atoms with Gasteiger partial charge in [0.05, 0.1) is 35.4 Å². The molecule has 1 aliphatic heterocycles. The summed E-state index contributed by atoms with van der Waals surface area (Å²) in [7, 11) is 1.41. The summed E-state index contributed by atoms with van der Waals surface area (Å²) in [5.74, 6) is -1.22. The Balaban J connectivity index is 1.93. The summed E-state index contributed by atoms with van der Waals surface area (Å²) in [6.45, 7) is 2.35. The highest BCUT2D eigenvalue weighted by Crippen LogP contribution is 2.44. The van der Waals surface area contributed by atoms with Crippen LogP contribution in [-0.4, -0.2) is 30.5 Å². The van der Waals surface area contributed by atoms with Crippen molar-refractivity contribution in [1.82, 2.24) is 0 Å². The van der Waals surface area contributed by atoms with Gasteiger partial charge in [0.25, 0.3) is 11.7 Å². The third-order valence-corrected chi connectivity index (χ3v) is 6.31. The summed E-state index contributed by atoms with van der Waals surface area (Å²) in [5.41, 5.74) is 1.04. The Morgan fingerprint density at radius 1 is 1.00 bits per heavy atom. The van der Waals surface area contributed by atoms with Crippen LogP contribution in [-0.2, 0) is 9.59 Å². The molecule has 1 amide bonds. The van der Waals surface area contributed by atoms with Gasteiger partial charge in [0.1, 0.15) is 11.5 Å². The summed E-state index contributed by atoms with van der Waals surface area (Å²) in [6, 6.07) is 15.4. The van der Waals surface area contributed by atoms with E-state index < -0.39 is 23.5 Å². The lowest BCUT2D eigenvalue weighted by Gasteiger charge is -2.25. The van der Waals surface area contributed by atoms with Crippen LogP contribution in [0.5, 0.6) is 11.5 Å². The molecule has 1 aliphatic rings. The van der Waals surface area contributed by atoms with Gasteiger partial charge in [-0.25, -0.2) is 0 Å². The fourth-order valence-corrected chi connectivity index (χ4v) is 4.83. The van der Waals surface area contributed by atoms with Crippen molar-refractivity contribution >= 4 is 57.9 Å². The standard InChI is InChI=1S/C26H20Cl3NO5/c1-3-35-18-9-7-14(8-10-18)22-21(23(31)15-11-19(28)25(34-2)20(29)12-15)24(32)26(33)30(22)17-6-4-5-16(27)13-17/h4-13,22,31H,3H2,1-2H3/b23-21+. The van der Waals surface area contributed by atoms with Gasteiger partial charge in [0.2, 0.25) is 0 Å². The van der Waals surface area contributed by atoms with Crippen LogP contribution in [0.25, 0.3) is 5.76 Å². The Kier molecular flexibility index (Phi) is 7.26. The number of benzene rings is 3. The first kappa shape index (κ1) is 24.9. The molecule has 6 nitrogen and oxygen atoms in total. The molecule has 0 bridgehead atoms. The molecule has 1 atom stereocenters. The molecule has 3 aromatic carbocycles. The minimum absolute atomic E-state index is 0.114. The zero-order valence-electron chi connectivity index (χ0n) is 18.7. The van der Waals surface area contributed by atoms with Gasteiger partial charge in [0.15, 0.2) is 5.75 Å². The van der Waals surface area contributed by atoms with Crippen LogP contribution in [0.1, 0.15) is 24.1 Å². The van der Waals surface area contributed by atoms with E-state index in [0.29, 0.717) is 28.6 Å². The number of amides is 1. The largest absolute Gasteiger partial charge is 0.507 e. The molecule has 1 N–H and O–H groups in total. The third-order valence-electron chi connectivity index (χ3n) is 5.51. The van der Waals surface area contributed by atoms with Gasteiger partial charge in [-0.15, -0.1) is 0 Å². The van der Waals surface area contributed by atoms with E-state index in [2.05, 4.69) is 0 Å². The predicted molar refractivity (Wildman–Crippen MR) is 137 cm³/mol. The second kappa shape index (κ2) is 10.2. The molecule has 0 saturated carbocycles. The van der Waals surface area contributed by atoms with E-state index in [1.54, 1.807) is 48.5 Å². The third kappa shape index (κ3) is 4.69. The normalized spacial score (nSPS) is 17.1. The second-order valence-electron chi connectivity index (χ2n) is 7.62.